The van der Waals surface area contributed by atoms with Crippen LogP contribution in [0.2, 0.25) is 5.15 Å². The third-order valence-corrected chi connectivity index (χ3v) is 5.20. The molecule has 4 nitrogen and oxygen atoms in total. The quantitative estimate of drug-likeness (QED) is 0.799. The molecule has 26 heavy (non-hydrogen) atoms. The van der Waals surface area contributed by atoms with Crippen LogP contribution in [0.1, 0.15) is 48.3 Å². The van der Waals surface area contributed by atoms with E-state index in [2.05, 4.69) is 19.6 Å². The van der Waals surface area contributed by atoms with Crippen LogP contribution in [0.25, 0.3) is 0 Å². The molecule has 4 rings (SSSR count). The molecule has 1 aromatic carbocycles. The average Bonchev–Trinajstić information content (AvgIpc) is 3.39. The highest BCUT2D eigenvalue weighted by molar-refractivity contribution is 6.30. The van der Waals surface area contributed by atoms with Gasteiger partial charge in [-0.05, 0) is 43.4 Å². The van der Waals surface area contributed by atoms with Crippen LogP contribution in [0.3, 0.4) is 0 Å². The van der Waals surface area contributed by atoms with Gasteiger partial charge in [-0.3, -0.25) is 0 Å². The lowest BCUT2D eigenvalue weighted by molar-refractivity contribution is -0.0522. The summed E-state index contributed by atoms with van der Waals surface area (Å²) in [4.78, 5) is 4.55. The Bertz CT molecular complexity index is 807. The van der Waals surface area contributed by atoms with E-state index >= 15 is 0 Å². The molecular formula is C18H19ClF3N3O. The van der Waals surface area contributed by atoms with E-state index in [0.717, 1.165) is 43.0 Å². The molecule has 1 fully saturated rings. The zero-order chi connectivity index (χ0) is 18.3. The highest BCUT2D eigenvalue weighted by Gasteiger charge is 2.34. The summed E-state index contributed by atoms with van der Waals surface area (Å²) in [5.41, 5.74) is 1.72. The number of fused-ring (bicyclic) bond motifs is 1. The Kier molecular flexibility index (Phi) is 4.84. The molecule has 1 aliphatic carbocycles. The smallest absolute Gasteiger partial charge is 0.387 e. The van der Waals surface area contributed by atoms with E-state index < -0.39 is 18.2 Å². The maximum absolute atomic E-state index is 13.9. The molecule has 8 heteroatoms. The van der Waals surface area contributed by atoms with Gasteiger partial charge < -0.3 is 14.6 Å². The molecule has 1 aliphatic heterocycles. The Labute approximate surface area is 154 Å². The SMILES string of the molecule is Fc1cc(CCC2NCCn3c(C4CC4)nc(Cl)c32)ccc1OC(F)F. The van der Waals surface area contributed by atoms with Crippen LogP contribution >= 0.6 is 11.6 Å². The fourth-order valence-electron chi connectivity index (χ4n) is 3.56. The second kappa shape index (κ2) is 7.12. The zero-order valence-corrected chi connectivity index (χ0v) is 14.8. The number of aryl methyl sites for hydroxylation is 1. The van der Waals surface area contributed by atoms with Gasteiger partial charge in [0.05, 0.1) is 11.7 Å². The molecule has 1 N–H and O–H groups in total. The minimum Gasteiger partial charge on any atom is -0.432 e. The summed E-state index contributed by atoms with van der Waals surface area (Å²) in [5, 5.41) is 3.99. The molecule has 1 saturated carbocycles. The molecule has 140 valence electrons. The summed E-state index contributed by atoms with van der Waals surface area (Å²) in [6, 6.07) is 4.14. The van der Waals surface area contributed by atoms with Crippen LogP contribution in [-0.4, -0.2) is 22.7 Å². The average molecular weight is 386 g/mol. The van der Waals surface area contributed by atoms with Gasteiger partial charge in [-0.15, -0.1) is 0 Å². The summed E-state index contributed by atoms with van der Waals surface area (Å²) < 4.78 is 44.7. The number of halogens is 4. The van der Waals surface area contributed by atoms with E-state index in [9.17, 15) is 13.2 Å². The van der Waals surface area contributed by atoms with Crippen molar-refractivity contribution in [3.8, 4) is 5.75 Å². The van der Waals surface area contributed by atoms with E-state index in [1.165, 1.54) is 12.1 Å². The molecule has 1 aromatic heterocycles. The number of alkyl halides is 2. The van der Waals surface area contributed by atoms with Gasteiger partial charge in [-0.1, -0.05) is 17.7 Å². The maximum Gasteiger partial charge on any atom is 0.387 e. The normalized spacial score (nSPS) is 19.7. The Balaban J connectivity index is 1.47. The molecule has 0 bridgehead atoms. The van der Waals surface area contributed by atoms with Gasteiger partial charge >= 0.3 is 6.61 Å². The summed E-state index contributed by atoms with van der Waals surface area (Å²) >= 11 is 6.39. The van der Waals surface area contributed by atoms with Gasteiger partial charge in [0.25, 0.3) is 0 Å². The van der Waals surface area contributed by atoms with Crippen molar-refractivity contribution >= 4 is 11.6 Å². The van der Waals surface area contributed by atoms with Crippen molar-refractivity contribution in [2.24, 2.45) is 0 Å². The van der Waals surface area contributed by atoms with Crippen LogP contribution in [-0.2, 0) is 13.0 Å². The third kappa shape index (κ3) is 3.55. The topological polar surface area (TPSA) is 39.1 Å². The molecule has 0 spiro atoms. The number of rotatable bonds is 6. The Morgan fingerprint density at radius 3 is 2.85 bits per heavy atom. The van der Waals surface area contributed by atoms with Crippen molar-refractivity contribution < 1.29 is 17.9 Å². The van der Waals surface area contributed by atoms with Crippen molar-refractivity contribution in [3.05, 3.63) is 46.3 Å². The zero-order valence-electron chi connectivity index (χ0n) is 14.0. The first-order valence-electron chi connectivity index (χ1n) is 8.75. The number of benzene rings is 1. The Morgan fingerprint density at radius 2 is 2.15 bits per heavy atom. The molecule has 2 aliphatic rings. The minimum absolute atomic E-state index is 0.0382. The monoisotopic (exact) mass is 385 g/mol. The van der Waals surface area contributed by atoms with Gasteiger partial charge in [-0.2, -0.15) is 8.78 Å². The lowest BCUT2D eigenvalue weighted by Gasteiger charge is -2.27. The predicted octanol–water partition coefficient (Wildman–Crippen LogP) is 4.43. The number of nitrogens with zero attached hydrogens (tertiary/aromatic N) is 2. The first-order valence-corrected chi connectivity index (χ1v) is 9.13. The summed E-state index contributed by atoms with van der Waals surface area (Å²) in [6.07, 6.45) is 3.63. The standard InChI is InChI=1S/C18H19ClF3N3O/c19-16-15-13(23-7-8-25(15)17(24-16)11-3-4-11)5-1-10-2-6-14(12(20)9-10)26-18(21)22/h2,6,9,11,13,18,23H,1,3-5,7-8H2. The Morgan fingerprint density at radius 1 is 1.35 bits per heavy atom. The lowest BCUT2D eigenvalue weighted by atomic mass is 10.0. The van der Waals surface area contributed by atoms with Gasteiger partial charge in [0, 0.05) is 19.0 Å². The summed E-state index contributed by atoms with van der Waals surface area (Å²) in [7, 11) is 0. The predicted molar refractivity (Wildman–Crippen MR) is 91.3 cm³/mol. The number of nitrogens with one attached hydrogen (secondary N) is 1. The summed E-state index contributed by atoms with van der Waals surface area (Å²) in [5.74, 6) is 0.390. The number of hydrogen-bond donors (Lipinski definition) is 1. The van der Waals surface area contributed by atoms with E-state index in [1.54, 1.807) is 6.07 Å². The second-order valence-corrected chi connectivity index (χ2v) is 7.12. The number of hydrogen-bond acceptors (Lipinski definition) is 3. The second-order valence-electron chi connectivity index (χ2n) is 6.76. The van der Waals surface area contributed by atoms with Crippen LogP contribution in [0, 0.1) is 5.82 Å². The molecule has 0 saturated heterocycles. The first kappa shape index (κ1) is 17.7. The van der Waals surface area contributed by atoms with Crippen molar-refractivity contribution in [1.82, 2.24) is 14.9 Å². The van der Waals surface area contributed by atoms with Crippen molar-refractivity contribution in [3.63, 3.8) is 0 Å². The molecule has 1 unspecified atom stereocenters. The largest absolute Gasteiger partial charge is 0.432 e. The summed E-state index contributed by atoms with van der Waals surface area (Å²) in [6.45, 7) is -1.35. The molecular weight excluding hydrogens is 367 g/mol. The number of aromatic nitrogens is 2. The third-order valence-electron chi connectivity index (χ3n) is 4.92. The number of imidazole rings is 1. The van der Waals surface area contributed by atoms with E-state index in [1.807, 2.05) is 0 Å². The van der Waals surface area contributed by atoms with E-state index in [-0.39, 0.29) is 6.04 Å². The van der Waals surface area contributed by atoms with Crippen LogP contribution in [0.15, 0.2) is 18.2 Å². The van der Waals surface area contributed by atoms with Crippen LogP contribution in [0.4, 0.5) is 13.2 Å². The molecule has 2 aromatic rings. The van der Waals surface area contributed by atoms with Gasteiger partial charge in [-0.25, -0.2) is 9.37 Å². The lowest BCUT2D eigenvalue weighted by Crippen LogP contribution is -2.34. The number of ether oxygens (including phenoxy) is 1. The maximum atomic E-state index is 13.9. The molecule has 1 atom stereocenters. The van der Waals surface area contributed by atoms with Crippen molar-refractivity contribution in [2.75, 3.05) is 6.54 Å². The highest BCUT2D eigenvalue weighted by Crippen LogP contribution is 2.42. The first-order chi connectivity index (χ1) is 12.5. The van der Waals surface area contributed by atoms with Gasteiger partial charge in [0.15, 0.2) is 16.7 Å². The van der Waals surface area contributed by atoms with Crippen molar-refractivity contribution in [2.45, 2.75) is 50.8 Å². The molecule has 0 radical (unpaired) electrons. The Hall–Kier alpha value is -1.73. The van der Waals surface area contributed by atoms with Crippen molar-refractivity contribution in [1.29, 1.82) is 0 Å². The van der Waals surface area contributed by atoms with Gasteiger partial charge in [0.1, 0.15) is 5.82 Å². The van der Waals surface area contributed by atoms with Gasteiger partial charge in [0.2, 0.25) is 0 Å². The molecule has 0 amide bonds. The minimum atomic E-state index is -3.04. The fourth-order valence-corrected chi connectivity index (χ4v) is 3.88. The van der Waals surface area contributed by atoms with E-state index in [4.69, 9.17) is 11.6 Å². The van der Waals surface area contributed by atoms with Crippen LogP contribution in [0.5, 0.6) is 5.75 Å². The molecule has 2 heterocycles. The highest BCUT2D eigenvalue weighted by atomic mass is 35.5. The van der Waals surface area contributed by atoms with Crippen LogP contribution < -0.4 is 10.1 Å². The fraction of sp³-hybridized carbons (Fsp3) is 0.500. The van der Waals surface area contributed by atoms with E-state index in [0.29, 0.717) is 23.9 Å².